The van der Waals surface area contributed by atoms with E-state index >= 15 is 0 Å². The minimum atomic E-state index is -0.314. The summed E-state index contributed by atoms with van der Waals surface area (Å²) in [6.07, 6.45) is 0.847. The van der Waals surface area contributed by atoms with Gasteiger partial charge in [0.1, 0.15) is 11.6 Å². The van der Waals surface area contributed by atoms with Crippen LogP contribution in [0, 0.1) is 5.82 Å². The molecule has 0 bridgehead atoms. The highest BCUT2D eigenvalue weighted by molar-refractivity contribution is 7.22. The first kappa shape index (κ1) is 18.3. The van der Waals surface area contributed by atoms with Gasteiger partial charge in [-0.2, -0.15) is 0 Å². The summed E-state index contributed by atoms with van der Waals surface area (Å²) in [5.74, 6) is 0.302. The fraction of sp³-hybridized carbons (Fsp3) is 0.263. The number of carbonyl (C=O) groups excluding carboxylic acids is 1. The van der Waals surface area contributed by atoms with Crippen molar-refractivity contribution in [1.29, 1.82) is 0 Å². The van der Waals surface area contributed by atoms with E-state index in [1.54, 1.807) is 13.2 Å². The summed E-state index contributed by atoms with van der Waals surface area (Å²) < 4.78 is 19.1. The van der Waals surface area contributed by atoms with Gasteiger partial charge in [0.05, 0.1) is 23.9 Å². The first-order chi connectivity index (χ1) is 12.6. The Bertz CT molecular complexity index is 895. The number of anilines is 1. The first-order valence-electron chi connectivity index (χ1n) is 8.32. The number of methoxy groups -OCH3 is 1. The number of thiazole rings is 1. The van der Waals surface area contributed by atoms with Crippen molar-refractivity contribution >= 4 is 32.6 Å². The molecule has 1 unspecified atom stereocenters. The lowest BCUT2D eigenvalue weighted by molar-refractivity contribution is -0.115. The van der Waals surface area contributed by atoms with Crippen LogP contribution in [0.5, 0.6) is 5.75 Å². The number of nitrogens with one attached hydrogen (secondary N) is 2. The van der Waals surface area contributed by atoms with Crippen LogP contribution in [-0.2, 0) is 4.79 Å². The molecule has 1 amide bonds. The number of benzene rings is 2. The van der Waals surface area contributed by atoms with Crippen LogP contribution >= 0.6 is 11.3 Å². The molecule has 0 spiro atoms. The van der Waals surface area contributed by atoms with Crippen molar-refractivity contribution in [2.24, 2.45) is 0 Å². The highest BCUT2D eigenvalue weighted by Gasteiger charge is 2.13. The molecule has 26 heavy (non-hydrogen) atoms. The van der Waals surface area contributed by atoms with Crippen LogP contribution in [-0.4, -0.2) is 24.5 Å². The summed E-state index contributed by atoms with van der Waals surface area (Å²) in [7, 11) is 1.63. The molecule has 1 aromatic heterocycles. The summed E-state index contributed by atoms with van der Waals surface area (Å²) in [6.45, 7) is 2.22. The molecule has 2 N–H and O–H groups in total. The van der Waals surface area contributed by atoms with Crippen LogP contribution < -0.4 is 15.4 Å². The number of carbonyl (C=O) groups is 1. The number of halogens is 1. The lowest BCUT2D eigenvalue weighted by atomic mass is 10.0. The second kappa shape index (κ2) is 8.25. The molecule has 0 radical (unpaired) electrons. The van der Waals surface area contributed by atoms with Gasteiger partial charge in [-0.15, -0.1) is 0 Å². The number of amides is 1. The summed E-state index contributed by atoms with van der Waals surface area (Å²) in [5, 5.41) is 6.48. The van der Waals surface area contributed by atoms with Gasteiger partial charge in [0.25, 0.3) is 0 Å². The Hall–Kier alpha value is -2.51. The Balaban J connectivity index is 1.59. The molecule has 0 saturated heterocycles. The van der Waals surface area contributed by atoms with Crippen molar-refractivity contribution in [3.05, 3.63) is 53.8 Å². The molecule has 0 aliphatic carbocycles. The number of hydrogen-bond donors (Lipinski definition) is 2. The van der Waals surface area contributed by atoms with Gasteiger partial charge in [-0.05, 0) is 42.3 Å². The Morgan fingerprint density at radius 2 is 2.04 bits per heavy atom. The lowest BCUT2D eigenvalue weighted by Gasteiger charge is -2.17. The monoisotopic (exact) mass is 373 g/mol. The summed E-state index contributed by atoms with van der Waals surface area (Å²) in [6, 6.07) is 12.2. The Morgan fingerprint density at radius 1 is 1.27 bits per heavy atom. The fourth-order valence-corrected chi connectivity index (χ4v) is 3.57. The molecule has 1 heterocycles. The largest absolute Gasteiger partial charge is 0.497 e. The third-order valence-corrected chi connectivity index (χ3v) is 4.97. The van der Waals surface area contributed by atoms with Crippen LogP contribution in [0.15, 0.2) is 42.5 Å². The van der Waals surface area contributed by atoms with E-state index in [9.17, 15) is 9.18 Å². The molecule has 0 fully saturated rings. The minimum Gasteiger partial charge on any atom is -0.497 e. The van der Waals surface area contributed by atoms with Crippen LogP contribution in [0.4, 0.5) is 9.52 Å². The topological polar surface area (TPSA) is 63.2 Å². The van der Waals surface area contributed by atoms with E-state index in [0.29, 0.717) is 15.3 Å². The number of ether oxygens (including phenoxy) is 1. The van der Waals surface area contributed by atoms with Gasteiger partial charge in [0.15, 0.2) is 5.13 Å². The van der Waals surface area contributed by atoms with Gasteiger partial charge in [-0.1, -0.05) is 30.4 Å². The molecule has 7 heteroatoms. The molecule has 3 aromatic rings. The lowest BCUT2D eigenvalue weighted by Crippen LogP contribution is -2.31. The summed E-state index contributed by atoms with van der Waals surface area (Å²) in [4.78, 5) is 16.5. The molecule has 2 aromatic carbocycles. The van der Waals surface area contributed by atoms with Crippen molar-refractivity contribution in [3.63, 3.8) is 0 Å². The number of fused-ring (bicyclic) bond motifs is 1. The zero-order chi connectivity index (χ0) is 18.5. The van der Waals surface area contributed by atoms with Crippen LogP contribution in [0.1, 0.15) is 24.9 Å². The molecule has 1 atom stereocenters. The van der Waals surface area contributed by atoms with Gasteiger partial charge >= 0.3 is 0 Å². The number of aromatic nitrogens is 1. The van der Waals surface area contributed by atoms with E-state index in [-0.39, 0.29) is 24.3 Å². The van der Waals surface area contributed by atoms with E-state index in [4.69, 9.17) is 4.74 Å². The standard InChI is InChI=1S/C19H20FN3O2S/c1-3-15(12-4-7-14(25-2)8-5-12)21-11-18(24)23-19-22-16-9-6-13(20)10-17(16)26-19/h4-10,15,21H,3,11H2,1-2H3,(H,22,23,24). The second-order valence-electron chi connectivity index (χ2n) is 5.79. The molecule has 5 nitrogen and oxygen atoms in total. The van der Waals surface area contributed by atoms with Crippen molar-refractivity contribution in [1.82, 2.24) is 10.3 Å². The SMILES string of the molecule is CCC(NCC(=O)Nc1nc2ccc(F)cc2s1)c1ccc(OC)cc1. The first-order valence-corrected chi connectivity index (χ1v) is 9.14. The van der Waals surface area contributed by atoms with E-state index in [1.807, 2.05) is 24.3 Å². The van der Waals surface area contributed by atoms with Gasteiger partial charge in [0.2, 0.25) is 5.91 Å². The van der Waals surface area contributed by atoms with Crippen molar-refractivity contribution in [2.75, 3.05) is 19.0 Å². The smallest absolute Gasteiger partial charge is 0.240 e. The number of nitrogens with zero attached hydrogens (tertiary/aromatic N) is 1. The van der Waals surface area contributed by atoms with E-state index in [1.165, 1.54) is 23.5 Å². The minimum absolute atomic E-state index is 0.0659. The van der Waals surface area contributed by atoms with Crippen molar-refractivity contribution in [3.8, 4) is 5.75 Å². The van der Waals surface area contributed by atoms with Crippen molar-refractivity contribution in [2.45, 2.75) is 19.4 Å². The maximum Gasteiger partial charge on any atom is 0.240 e. The molecular formula is C19H20FN3O2S. The second-order valence-corrected chi connectivity index (χ2v) is 6.82. The zero-order valence-electron chi connectivity index (χ0n) is 14.6. The molecule has 3 rings (SSSR count). The van der Waals surface area contributed by atoms with E-state index < -0.39 is 0 Å². The Labute approximate surface area is 155 Å². The van der Waals surface area contributed by atoms with Crippen LogP contribution in [0.25, 0.3) is 10.2 Å². The third kappa shape index (κ3) is 4.36. The van der Waals surface area contributed by atoms with Gasteiger partial charge in [0, 0.05) is 6.04 Å². The third-order valence-electron chi connectivity index (χ3n) is 4.03. The zero-order valence-corrected chi connectivity index (χ0v) is 15.4. The van der Waals surface area contributed by atoms with Crippen molar-refractivity contribution < 1.29 is 13.9 Å². The van der Waals surface area contributed by atoms with Crippen LogP contribution in [0.3, 0.4) is 0 Å². The summed E-state index contributed by atoms with van der Waals surface area (Å²) >= 11 is 1.26. The molecule has 0 aliphatic heterocycles. The summed E-state index contributed by atoms with van der Waals surface area (Å²) in [5.41, 5.74) is 1.76. The normalized spacial score (nSPS) is 12.1. The number of hydrogen-bond acceptors (Lipinski definition) is 5. The molecule has 136 valence electrons. The molecule has 0 saturated carbocycles. The average molecular weight is 373 g/mol. The maximum atomic E-state index is 13.2. The quantitative estimate of drug-likeness (QED) is 0.654. The predicted molar refractivity (Wildman–Crippen MR) is 102 cm³/mol. The average Bonchev–Trinajstić information content (AvgIpc) is 3.03. The van der Waals surface area contributed by atoms with Crippen LogP contribution in [0.2, 0.25) is 0 Å². The Kier molecular flexibility index (Phi) is 5.80. The van der Waals surface area contributed by atoms with Gasteiger partial charge < -0.3 is 15.4 Å². The fourth-order valence-electron chi connectivity index (χ4n) is 2.67. The molecule has 0 aliphatic rings. The van der Waals surface area contributed by atoms with E-state index in [0.717, 1.165) is 17.7 Å². The highest BCUT2D eigenvalue weighted by Crippen LogP contribution is 2.26. The van der Waals surface area contributed by atoms with Gasteiger partial charge in [-0.25, -0.2) is 9.37 Å². The van der Waals surface area contributed by atoms with Gasteiger partial charge in [-0.3, -0.25) is 4.79 Å². The number of rotatable bonds is 7. The highest BCUT2D eigenvalue weighted by atomic mass is 32.1. The molecular weight excluding hydrogens is 353 g/mol. The Morgan fingerprint density at radius 3 is 2.73 bits per heavy atom. The van der Waals surface area contributed by atoms with E-state index in [2.05, 4.69) is 22.5 Å². The predicted octanol–water partition coefficient (Wildman–Crippen LogP) is 4.12. The maximum absolute atomic E-state index is 13.2.